The van der Waals surface area contributed by atoms with Crippen LogP contribution in [-0.4, -0.2) is 58.7 Å². The molecule has 1 atom stereocenters. The van der Waals surface area contributed by atoms with Crippen LogP contribution in [0.3, 0.4) is 0 Å². The highest BCUT2D eigenvalue weighted by Gasteiger charge is 2.28. The maximum Gasteiger partial charge on any atom is 0.416 e. The number of ether oxygens (including phenoxy) is 1. The predicted octanol–water partition coefficient (Wildman–Crippen LogP) is -0.890. The molecule has 0 spiro atoms. The van der Waals surface area contributed by atoms with E-state index in [-0.39, 0.29) is 30.6 Å². The van der Waals surface area contributed by atoms with Gasteiger partial charge in [0.25, 0.3) is 0 Å². The van der Waals surface area contributed by atoms with Gasteiger partial charge in [0.1, 0.15) is 12.6 Å². The number of carboxylic acids is 1. The smallest absolute Gasteiger partial charge is 0.416 e. The van der Waals surface area contributed by atoms with Gasteiger partial charge in [-0.25, -0.2) is 9.69 Å². The van der Waals surface area contributed by atoms with Gasteiger partial charge in [0.2, 0.25) is 5.91 Å². The van der Waals surface area contributed by atoms with Gasteiger partial charge in [0, 0.05) is 5.75 Å². The van der Waals surface area contributed by atoms with Crippen molar-refractivity contribution in [2.75, 3.05) is 24.7 Å². The second kappa shape index (κ2) is 5.71. The summed E-state index contributed by atoms with van der Waals surface area (Å²) in [5, 5.41) is 8.49. The summed E-state index contributed by atoms with van der Waals surface area (Å²) in [7, 11) is 0. The molecular weight excluding hydrogens is 236 g/mol. The fourth-order valence-corrected chi connectivity index (χ4v) is 1.89. The van der Waals surface area contributed by atoms with Crippen molar-refractivity contribution >= 4 is 29.7 Å². The summed E-state index contributed by atoms with van der Waals surface area (Å²) in [4.78, 5) is 33.8. The first-order valence-electron chi connectivity index (χ1n) is 4.55. The Hall–Kier alpha value is -1.28. The summed E-state index contributed by atoms with van der Waals surface area (Å²) >= 11 is 1.08. The molecule has 1 fully saturated rings. The molecule has 7 nitrogen and oxygen atoms in total. The maximum absolute atomic E-state index is 11.4. The number of carbonyl (C=O) groups excluding carboxylic acids is 2. The van der Waals surface area contributed by atoms with E-state index in [0.717, 1.165) is 16.7 Å². The molecule has 1 aliphatic heterocycles. The van der Waals surface area contributed by atoms with Crippen molar-refractivity contribution in [3.8, 4) is 0 Å². The first kappa shape index (κ1) is 12.8. The Bertz CT molecular complexity index is 309. The van der Waals surface area contributed by atoms with Crippen LogP contribution in [0, 0.1) is 0 Å². The molecule has 1 unspecified atom stereocenters. The Kier molecular flexibility index (Phi) is 4.56. The lowest BCUT2D eigenvalue weighted by Gasteiger charge is -2.10. The number of aliphatic carboxylic acids is 1. The molecule has 1 aliphatic rings. The molecule has 2 amide bonds. The third-order valence-corrected chi connectivity index (χ3v) is 2.95. The summed E-state index contributed by atoms with van der Waals surface area (Å²) in [6, 6.07) is -0.997. The molecule has 0 aliphatic carbocycles. The SMILES string of the molecule is NC(CSCC(=O)N1CCOC1=O)C(=O)O. The van der Waals surface area contributed by atoms with Crippen molar-refractivity contribution < 1.29 is 24.2 Å². The van der Waals surface area contributed by atoms with Gasteiger partial charge >= 0.3 is 12.1 Å². The number of nitrogens with zero attached hydrogens (tertiary/aromatic N) is 1. The predicted molar refractivity (Wildman–Crippen MR) is 56.0 cm³/mol. The average Bonchev–Trinajstić information content (AvgIpc) is 2.64. The van der Waals surface area contributed by atoms with Crippen molar-refractivity contribution in [3.05, 3.63) is 0 Å². The Morgan fingerprint density at radius 3 is 2.81 bits per heavy atom. The summed E-state index contributed by atoms with van der Waals surface area (Å²) in [6.45, 7) is 0.465. The van der Waals surface area contributed by atoms with E-state index in [4.69, 9.17) is 10.8 Å². The van der Waals surface area contributed by atoms with Crippen molar-refractivity contribution in [1.82, 2.24) is 4.90 Å². The third-order valence-electron chi connectivity index (χ3n) is 1.90. The van der Waals surface area contributed by atoms with Crippen LogP contribution in [0.1, 0.15) is 0 Å². The molecule has 0 aromatic rings. The molecule has 0 radical (unpaired) electrons. The number of hydrogen-bond donors (Lipinski definition) is 2. The number of hydrogen-bond acceptors (Lipinski definition) is 6. The van der Waals surface area contributed by atoms with Gasteiger partial charge < -0.3 is 15.6 Å². The molecule has 8 heteroatoms. The lowest BCUT2D eigenvalue weighted by molar-refractivity contribution is -0.138. The molecule has 3 N–H and O–H groups in total. The quantitative estimate of drug-likeness (QED) is 0.649. The maximum atomic E-state index is 11.4. The van der Waals surface area contributed by atoms with Crippen molar-refractivity contribution in [2.24, 2.45) is 5.73 Å². The lowest BCUT2D eigenvalue weighted by atomic mass is 10.4. The fourth-order valence-electron chi connectivity index (χ4n) is 1.04. The molecule has 16 heavy (non-hydrogen) atoms. The molecule has 1 rings (SSSR count). The number of cyclic esters (lactones) is 1. The molecular formula is C8H12N2O5S. The molecule has 0 saturated carbocycles. The van der Waals surface area contributed by atoms with E-state index in [1.807, 2.05) is 0 Å². The first-order chi connectivity index (χ1) is 7.52. The number of nitrogens with two attached hydrogens (primary N) is 1. The van der Waals surface area contributed by atoms with Gasteiger partial charge in [0.15, 0.2) is 0 Å². The van der Waals surface area contributed by atoms with Gasteiger partial charge in [-0.1, -0.05) is 0 Å². The number of carboxylic acid groups (broad SMARTS) is 1. The fraction of sp³-hybridized carbons (Fsp3) is 0.625. The van der Waals surface area contributed by atoms with Crippen LogP contribution in [0.2, 0.25) is 0 Å². The second-order valence-electron chi connectivity index (χ2n) is 3.12. The Labute approximate surface area is 95.9 Å². The van der Waals surface area contributed by atoms with E-state index < -0.39 is 18.1 Å². The minimum absolute atomic E-state index is 0.0239. The average molecular weight is 248 g/mol. The third kappa shape index (κ3) is 3.38. The number of rotatable bonds is 5. The van der Waals surface area contributed by atoms with Gasteiger partial charge in [-0.05, 0) is 0 Å². The summed E-state index contributed by atoms with van der Waals surface area (Å²) in [5.74, 6) is -1.34. The largest absolute Gasteiger partial charge is 0.480 e. The normalized spacial score (nSPS) is 17.1. The van der Waals surface area contributed by atoms with Crippen LogP contribution in [0.5, 0.6) is 0 Å². The van der Waals surface area contributed by atoms with Gasteiger partial charge in [-0.15, -0.1) is 11.8 Å². The Morgan fingerprint density at radius 2 is 2.31 bits per heavy atom. The topological polar surface area (TPSA) is 110 Å². The van der Waals surface area contributed by atoms with Crippen molar-refractivity contribution in [1.29, 1.82) is 0 Å². The number of amides is 2. The molecule has 1 saturated heterocycles. The monoisotopic (exact) mass is 248 g/mol. The summed E-state index contributed by atoms with van der Waals surface area (Å²) < 4.78 is 4.59. The zero-order valence-electron chi connectivity index (χ0n) is 8.42. The zero-order valence-corrected chi connectivity index (χ0v) is 9.24. The van der Waals surface area contributed by atoms with E-state index in [1.165, 1.54) is 0 Å². The molecule has 0 aromatic heterocycles. The van der Waals surface area contributed by atoms with Gasteiger partial charge in [0.05, 0.1) is 12.3 Å². The van der Waals surface area contributed by atoms with Gasteiger partial charge in [-0.3, -0.25) is 9.59 Å². The van der Waals surface area contributed by atoms with Crippen LogP contribution < -0.4 is 5.73 Å². The summed E-state index contributed by atoms with van der Waals surface area (Å²) in [5.41, 5.74) is 5.25. The molecule has 0 aromatic carbocycles. The lowest BCUT2D eigenvalue weighted by Crippen LogP contribution is -2.35. The first-order valence-corrected chi connectivity index (χ1v) is 5.71. The van der Waals surface area contributed by atoms with Crippen LogP contribution in [0.15, 0.2) is 0 Å². The van der Waals surface area contributed by atoms with E-state index in [9.17, 15) is 14.4 Å². The minimum Gasteiger partial charge on any atom is -0.480 e. The standard InChI is InChI=1S/C8H12N2O5S/c9-5(7(12)13)3-16-4-6(11)10-1-2-15-8(10)14/h5H,1-4,9H2,(H,12,13). The van der Waals surface area contributed by atoms with E-state index >= 15 is 0 Å². The second-order valence-corrected chi connectivity index (χ2v) is 4.15. The van der Waals surface area contributed by atoms with Gasteiger partial charge in [-0.2, -0.15) is 0 Å². The number of imide groups is 1. The van der Waals surface area contributed by atoms with Crippen molar-refractivity contribution in [2.45, 2.75) is 6.04 Å². The van der Waals surface area contributed by atoms with E-state index in [0.29, 0.717) is 0 Å². The Morgan fingerprint density at radius 1 is 1.62 bits per heavy atom. The zero-order chi connectivity index (χ0) is 12.1. The summed E-state index contributed by atoms with van der Waals surface area (Å²) in [6.07, 6.45) is -0.645. The van der Waals surface area contributed by atoms with E-state index in [2.05, 4.69) is 4.74 Å². The van der Waals surface area contributed by atoms with Crippen molar-refractivity contribution in [3.63, 3.8) is 0 Å². The van der Waals surface area contributed by atoms with E-state index in [1.54, 1.807) is 0 Å². The highest BCUT2D eigenvalue weighted by molar-refractivity contribution is 8.00. The Balaban J connectivity index is 2.25. The molecule has 90 valence electrons. The highest BCUT2D eigenvalue weighted by atomic mass is 32.2. The van der Waals surface area contributed by atoms with Crippen LogP contribution in [0.25, 0.3) is 0 Å². The van der Waals surface area contributed by atoms with Crippen LogP contribution in [-0.2, 0) is 14.3 Å². The number of carbonyl (C=O) groups is 3. The minimum atomic E-state index is -1.11. The highest BCUT2D eigenvalue weighted by Crippen LogP contribution is 2.09. The number of thioether (sulfide) groups is 1. The van der Waals surface area contributed by atoms with Crippen LogP contribution in [0.4, 0.5) is 4.79 Å². The van der Waals surface area contributed by atoms with Crippen LogP contribution >= 0.6 is 11.8 Å². The molecule has 0 bridgehead atoms. The molecule has 1 heterocycles.